The molecule has 1 amide bonds. The summed E-state index contributed by atoms with van der Waals surface area (Å²) < 4.78 is 4.97. The van der Waals surface area contributed by atoms with E-state index in [2.05, 4.69) is 34.4 Å². The van der Waals surface area contributed by atoms with E-state index in [4.69, 9.17) is 4.74 Å². The second kappa shape index (κ2) is 8.24. The minimum absolute atomic E-state index is 0.0109. The summed E-state index contributed by atoms with van der Waals surface area (Å²) in [5.74, 6) is 0.0109. The topological polar surface area (TPSA) is 50.4 Å². The highest BCUT2D eigenvalue weighted by Gasteiger charge is 2.09. The molecule has 0 saturated carbocycles. The lowest BCUT2D eigenvalue weighted by Gasteiger charge is -2.16. The van der Waals surface area contributed by atoms with Crippen molar-refractivity contribution >= 4 is 17.2 Å². The number of carbonyl (C=O) groups excluding carboxylic acids is 1. The number of nitrogens with one attached hydrogen (secondary N) is 2. The van der Waals surface area contributed by atoms with Crippen LogP contribution in [0.1, 0.15) is 19.4 Å². The predicted molar refractivity (Wildman–Crippen MR) is 75.0 cm³/mol. The van der Waals surface area contributed by atoms with Crippen LogP contribution in [0.15, 0.2) is 16.8 Å². The van der Waals surface area contributed by atoms with Crippen molar-refractivity contribution in [2.75, 3.05) is 20.3 Å². The van der Waals surface area contributed by atoms with Crippen molar-refractivity contribution in [2.45, 2.75) is 32.4 Å². The average Bonchev–Trinajstić information content (AvgIpc) is 2.79. The van der Waals surface area contributed by atoms with Gasteiger partial charge in [0, 0.05) is 19.2 Å². The number of carbonyl (C=O) groups is 1. The first-order chi connectivity index (χ1) is 8.61. The third-order valence-electron chi connectivity index (χ3n) is 2.56. The van der Waals surface area contributed by atoms with Crippen molar-refractivity contribution in [3.63, 3.8) is 0 Å². The molecule has 4 nitrogen and oxygen atoms in total. The summed E-state index contributed by atoms with van der Waals surface area (Å²) in [4.78, 5) is 11.6. The number of methoxy groups -OCH3 is 1. The van der Waals surface area contributed by atoms with E-state index in [1.165, 1.54) is 5.56 Å². The first kappa shape index (κ1) is 15.1. The van der Waals surface area contributed by atoms with E-state index in [0.29, 0.717) is 19.2 Å². The van der Waals surface area contributed by atoms with Gasteiger partial charge in [0.05, 0.1) is 13.2 Å². The molecule has 2 atom stereocenters. The lowest BCUT2D eigenvalue weighted by molar-refractivity contribution is -0.121. The Hall–Kier alpha value is -0.910. The van der Waals surface area contributed by atoms with Gasteiger partial charge in [-0.3, -0.25) is 4.79 Å². The van der Waals surface area contributed by atoms with Crippen LogP contribution in [0.3, 0.4) is 0 Å². The summed E-state index contributed by atoms with van der Waals surface area (Å²) >= 11 is 1.70. The zero-order valence-electron chi connectivity index (χ0n) is 11.2. The molecule has 0 bridgehead atoms. The fraction of sp³-hybridized carbons (Fsp3) is 0.615. The van der Waals surface area contributed by atoms with Crippen LogP contribution in [-0.4, -0.2) is 38.3 Å². The Morgan fingerprint density at radius 2 is 2.22 bits per heavy atom. The summed E-state index contributed by atoms with van der Waals surface area (Å²) in [5, 5.41) is 10.3. The maximum atomic E-state index is 11.6. The van der Waals surface area contributed by atoms with Crippen LogP contribution < -0.4 is 10.6 Å². The van der Waals surface area contributed by atoms with E-state index in [0.717, 1.165) is 6.42 Å². The summed E-state index contributed by atoms with van der Waals surface area (Å²) in [6, 6.07) is 2.46. The fourth-order valence-electron chi connectivity index (χ4n) is 1.72. The highest BCUT2D eigenvalue weighted by atomic mass is 32.1. The number of rotatable bonds is 8. The van der Waals surface area contributed by atoms with Crippen molar-refractivity contribution in [2.24, 2.45) is 0 Å². The number of thiophene rings is 1. The fourth-order valence-corrected chi connectivity index (χ4v) is 2.40. The van der Waals surface area contributed by atoms with Gasteiger partial charge >= 0.3 is 0 Å². The van der Waals surface area contributed by atoms with E-state index in [1.807, 2.05) is 6.92 Å². The van der Waals surface area contributed by atoms with Crippen molar-refractivity contribution < 1.29 is 9.53 Å². The van der Waals surface area contributed by atoms with Crippen LogP contribution in [0, 0.1) is 0 Å². The minimum Gasteiger partial charge on any atom is -0.383 e. The number of ether oxygens (including phenoxy) is 1. The number of hydrogen-bond acceptors (Lipinski definition) is 4. The Balaban J connectivity index is 2.17. The molecule has 0 radical (unpaired) electrons. The van der Waals surface area contributed by atoms with E-state index in [1.54, 1.807) is 18.4 Å². The van der Waals surface area contributed by atoms with Crippen LogP contribution in [-0.2, 0) is 16.0 Å². The molecule has 0 aliphatic heterocycles. The monoisotopic (exact) mass is 270 g/mol. The van der Waals surface area contributed by atoms with E-state index in [9.17, 15) is 4.79 Å². The molecule has 18 heavy (non-hydrogen) atoms. The van der Waals surface area contributed by atoms with Crippen molar-refractivity contribution in [1.82, 2.24) is 10.6 Å². The van der Waals surface area contributed by atoms with Gasteiger partial charge in [0.25, 0.3) is 0 Å². The van der Waals surface area contributed by atoms with Gasteiger partial charge in [-0.2, -0.15) is 11.3 Å². The van der Waals surface area contributed by atoms with Gasteiger partial charge in [-0.15, -0.1) is 0 Å². The second-order valence-electron chi connectivity index (χ2n) is 4.54. The van der Waals surface area contributed by atoms with Crippen LogP contribution >= 0.6 is 11.3 Å². The zero-order chi connectivity index (χ0) is 13.4. The standard InChI is InChI=1S/C13H22N2O2S/c1-10(6-12-4-5-18-9-12)14-7-13(16)15-11(2)8-17-3/h4-5,9-11,14H,6-8H2,1-3H3,(H,15,16). The molecule has 5 heteroatoms. The molecule has 1 aromatic heterocycles. The maximum absolute atomic E-state index is 11.6. The van der Waals surface area contributed by atoms with Crippen molar-refractivity contribution in [1.29, 1.82) is 0 Å². The first-order valence-electron chi connectivity index (χ1n) is 6.14. The van der Waals surface area contributed by atoms with Crippen molar-refractivity contribution in [3.8, 4) is 0 Å². The SMILES string of the molecule is COCC(C)NC(=O)CNC(C)Cc1ccsc1. The minimum atomic E-state index is 0.0109. The Kier molecular flexibility index (Phi) is 6.93. The largest absolute Gasteiger partial charge is 0.383 e. The second-order valence-corrected chi connectivity index (χ2v) is 5.32. The van der Waals surface area contributed by atoms with Gasteiger partial charge in [-0.25, -0.2) is 0 Å². The molecule has 2 N–H and O–H groups in total. The molecule has 2 unspecified atom stereocenters. The van der Waals surface area contributed by atoms with Crippen molar-refractivity contribution in [3.05, 3.63) is 22.4 Å². The Morgan fingerprint density at radius 1 is 1.44 bits per heavy atom. The zero-order valence-corrected chi connectivity index (χ0v) is 12.0. The van der Waals surface area contributed by atoms with Gasteiger partial charge in [0.2, 0.25) is 5.91 Å². The third kappa shape index (κ3) is 6.14. The predicted octanol–water partition coefficient (Wildman–Crippen LogP) is 1.42. The summed E-state index contributed by atoms with van der Waals surface area (Å²) in [7, 11) is 1.63. The van der Waals surface area contributed by atoms with Crippen LogP contribution in [0.5, 0.6) is 0 Å². The van der Waals surface area contributed by atoms with Crippen LogP contribution in [0.25, 0.3) is 0 Å². The van der Waals surface area contributed by atoms with Crippen LogP contribution in [0.2, 0.25) is 0 Å². The molecule has 0 saturated heterocycles. The molecule has 1 rings (SSSR count). The highest BCUT2D eigenvalue weighted by molar-refractivity contribution is 7.07. The van der Waals surface area contributed by atoms with Gasteiger partial charge in [0.15, 0.2) is 0 Å². The van der Waals surface area contributed by atoms with Gasteiger partial charge in [-0.05, 0) is 42.7 Å². The maximum Gasteiger partial charge on any atom is 0.234 e. The molecule has 0 aromatic carbocycles. The normalized spacial score (nSPS) is 14.2. The first-order valence-corrected chi connectivity index (χ1v) is 7.09. The van der Waals surface area contributed by atoms with Gasteiger partial charge in [0.1, 0.15) is 0 Å². The lowest BCUT2D eigenvalue weighted by atomic mass is 10.1. The van der Waals surface area contributed by atoms with E-state index < -0.39 is 0 Å². The third-order valence-corrected chi connectivity index (χ3v) is 3.29. The molecule has 102 valence electrons. The van der Waals surface area contributed by atoms with Gasteiger partial charge in [-0.1, -0.05) is 0 Å². The lowest BCUT2D eigenvalue weighted by Crippen LogP contribution is -2.43. The Bertz CT molecular complexity index is 341. The van der Waals surface area contributed by atoms with Crippen LogP contribution in [0.4, 0.5) is 0 Å². The molecule has 1 aromatic rings. The molecular weight excluding hydrogens is 248 g/mol. The quantitative estimate of drug-likeness (QED) is 0.751. The smallest absolute Gasteiger partial charge is 0.234 e. The number of hydrogen-bond donors (Lipinski definition) is 2. The molecule has 0 aliphatic carbocycles. The molecular formula is C13H22N2O2S. The highest BCUT2D eigenvalue weighted by Crippen LogP contribution is 2.08. The molecule has 1 heterocycles. The molecule has 0 aliphatic rings. The van der Waals surface area contributed by atoms with E-state index >= 15 is 0 Å². The number of amides is 1. The average molecular weight is 270 g/mol. The molecule has 0 fully saturated rings. The van der Waals surface area contributed by atoms with Gasteiger partial charge < -0.3 is 15.4 Å². The molecule has 0 spiro atoms. The Morgan fingerprint density at radius 3 is 2.83 bits per heavy atom. The Labute approximate surface area is 113 Å². The summed E-state index contributed by atoms with van der Waals surface area (Å²) in [6.07, 6.45) is 0.949. The van der Waals surface area contributed by atoms with E-state index in [-0.39, 0.29) is 11.9 Å². The summed E-state index contributed by atoms with van der Waals surface area (Å²) in [6.45, 7) is 4.90. The summed E-state index contributed by atoms with van der Waals surface area (Å²) in [5.41, 5.74) is 1.31.